The number of aromatic nitrogens is 2. The molecule has 202 valence electrons. The number of hydrogen-bond acceptors (Lipinski definition) is 4. The van der Waals surface area contributed by atoms with Gasteiger partial charge >= 0.3 is 0 Å². The van der Waals surface area contributed by atoms with Crippen molar-refractivity contribution in [2.75, 3.05) is 28.4 Å². The van der Waals surface area contributed by atoms with Crippen LogP contribution >= 0.6 is 0 Å². The van der Waals surface area contributed by atoms with E-state index in [0.29, 0.717) is 13.1 Å². The predicted molar refractivity (Wildman–Crippen MR) is 164 cm³/mol. The van der Waals surface area contributed by atoms with Crippen LogP contribution in [0.15, 0.2) is 86.1 Å². The lowest BCUT2D eigenvalue weighted by atomic mass is 9.94. The number of methoxy groups -OCH3 is 4. The van der Waals surface area contributed by atoms with Crippen molar-refractivity contribution < 1.29 is 18.9 Å². The van der Waals surface area contributed by atoms with Gasteiger partial charge in [0, 0.05) is 70.8 Å². The number of ether oxygens (including phenoxy) is 4. The van der Waals surface area contributed by atoms with Crippen LogP contribution in [0.3, 0.4) is 0 Å². The summed E-state index contributed by atoms with van der Waals surface area (Å²) in [6.07, 6.45) is 6.03. The number of rotatable bonds is 9. The van der Waals surface area contributed by atoms with Gasteiger partial charge in [0.05, 0.1) is 45.0 Å². The Hall–Kier alpha value is -4.84. The summed E-state index contributed by atoms with van der Waals surface area (Å²) in [7, 11) is 6.75. The lowest BCUT2D eigenvalue weighted by Gasteiger charge is -2.14. The normalized spacial score (nSPS) is 11.4. The first-order valence-corrected chi connectivity index (χ1v) is 13.1. The van der Waals surface area contributed by atoms with Crippen LogP contribution in [-0.2, 0) is 13.1 Å². The zero-order valence-corrected chi connectivity index (χ0v) is 23.3. The van der Waals surface area contributed by atoms with E-state index in [0.717, 1.165) is 77.6 Å². The summed E-state index contributed by atoms with van der Waals surface area (Å²) >= 11 is 0. The molecule has 0 amide bonds. The lowest BCUT2D eigenvalue weighted by Crippen LogP contribution is -1.97. The zero-order chi connectivity index (χ0) is 28.0. The van der Waals surface area contributed by atoms with Crippen LogP contribution in [0.2, 0.25) is 0 Å². The molecule has 0 aliphatic rings. The fourth-order valence-electron chi connectivity index (χ4n) is 5.98. The molecule has 4 aromatic carbocycles. The Morgan fingerprint density at radius 1 is 0.700 bits per heavy atom. The van der Waals surface area contributed by atoms with E-state index in [1.807, 2.05) is 24.3 Å². The molecule has 2 aromatic heterocycles. The highest BCUT2D eigenvalue weighted by Crippen LogP contribution is 2.48. The minimum absolute atomic E-state index is 0.609. The van der Waals surface area contributed by atoms with Crippen molar-refractivity contribution in [2.45, 2.75) is 13.1 Å². The number of fused-ring (bicyclic) bond motifs is 5. The van der Waals surface area contributed by atoms with Crippen LogP contribution in [0.25, 0.3) is 54.6 Å². The van der Waals surface area contributed by atoms with Crippen LogP contribution < -0.4 is 18.9 Å². The maximum Gasteiger partial charge on any atom is 0.132 e. The second-order valence-corrected chi connectivity index (χ2v) is 9.70. The van der Waals surface area contributed by atoms with E-state index in [1.165, 1.54) is 0 Å². The van der Waals surface area contributed by atoms with Gasteiger partial charge < -0.3 is 28.1 Å². The van der Waals surface area contributed by atoms with Crippen molar-refractivity contribution in [3.63, 3.8) is 0 Å². The van der Waals surface area contributed by atoms with Crippen LogP contribution in [0.1, 0.15) is 0 Å². The van der Waals surface area contributed by atoms with E-state index in [2.05, 4.69) is 71.0 Å². The first-order valence-electron chi connectivity index (χ1n) is 13.1. The quantitative estimate of drug-likeness (QED) is 0.177. The molecule has 0 bridgehead atoms. The largest absolute Gasteiger partial charge is 0.497 e. The number of allylic oxidation sites excluding steroid dienone is 2. The summed E-state index contributed by atoms with van der Waals surface area (Å²) < 4.78 is 27.7. The molecule has 6 heteroatoms. The molecule has 6 nitrogen and oxygen atoms in total. The van der Waals surface area contributed by atoms with Gasteiger partial charge in [0.2, 0.25) is 0 Å². The highest BCUT2D eigenvalue weighted by molar-refractivity contribution is 6.24. The van der Waals surface area contributed by atoms with Crippen molar-refractivity contribution in [2.24, 2.45) is 0 Å². The maximum atomic E-state index is 5.97. The van der Waals surface area contributed by atoms with Crippen molar-refractivity contribution in [3.05, 3.63) is 86.1 Å². The minimum atomic E-state index is 0.609. The van der Waals surface area contributed by atoms with Crippen LogP contribution in [0, 0.1) is 0 Å². The van der Waals surface area contributed by atoms with Gasteiger partial charge in [-0.15, -0.1) is 13.2 Å². The third-order valence-electron chi connectivity index (χ3n) is 7.64. The smallest absolute Gasteiger partial charge is 0.132 e. The Labute approximate surface area is 233 Å². The van der Waals surface area contributed by atoms with E-state index in [-0.39, 0.29) is 0 Å². The molecule has 0 fully saturated rings. The highest BCUT2D eigenvalue weighted by Gasteiger charge is 2.25. The monoisotopic (exact) mass is 532 g/mol. The van der Waals surface area contributed by atoms with Crippen molar-refractivity contribution in [1.29, 1.82) is 0 Å². The maximum absolute atomic E-state index is 5.97. The molecule has 0 radical (unpaired) electrons. The van der Waals surface area contributed by atoms with Crippen LogP contribution in [-0.4, -0.2) is 37.6 Å². The van der Waals surface area contributed by atoms with E-state index in [1.54, 1.807) is 28.4 Å². The molecule has 0 saturated carbocycles. The molecule has 2 heterocycles. The molecule has 0 saturated heterocycles. The molecule has 0 atom stereocenters. The van der Waals surface area contributed by atoms with E-state index >= 15 is 0 Å². The van der Waals surface area contributed by atoms with Gasteiger partial charge in [0.25, 0.3) is 0 Å². The van der Waals surface area contributed by atoms with Crippen LogP contribution in [0.4, 0.5) is 0 Å². The minimum Gasteiger partial charge on any atom is -0.497 e. The summed E-state index contributed by atoms with van der Waals surface area (Å²) in [5.41, 5.74) is 5.31. The fourth-order valence-corrected chi connectivity index (χ4v) is 5.98. The summed E-state index contributed by atoms with van der Waals surface area (Å²) in [4.78, 5) is 0. The summed E-state index contributed by atoms with van der Waals surface area (Å²) in [6, 6.07) is 18.8. The second-order valence-electron chi connectivity index (χ2n) is 9.70. The van der Waals surface area contributed by atoms with Gasteiger partial charge in [-0.25, -0.2) is 0 Å². The Balaban J connectivity index is 1.89. The Kier molecular flexibility index (Phi) is 6.39. The third kappa shape index (κ3) is 3.71. The van der Waals surface area contributed by atoms with E-state index in [4.69, 9.17) is 18.9 Å². The van der Waals surface area contributed by atoms with Gasteiger partial charge in [-0.2, -0.15) is 0 Å². The Morgan fingerprint density at radius 3 is 2.00 bits per heavy atom. The highest BCUT2D eigenvalue weighted by atomic mass is 16.5. The van der Waals surface area contributed by atoms with Gasteiger partial charge in [0.15, 0.2) is 0 Å². The average molecular weight is 533 g/mol. The molecule has 0 aliphatic carbocycles. The summed E-state index contributed by atoms with van der Waals surface area (Å²) in [5.74, 6) is 2.98. The molecule has 6 aromatic rings. The summed E-state index contributed by atoms with van der Waals surface area (Å²) in [6.45, 7) is 9.35. The molecule has 6 rings (SSSR count). The third-order valence-corrected chi connectivity index (χ3v) is 7.64. The molecule has 0 N–H and O–H groups in total. The standard InChI is InChI=1S/C34H32N2O4/c1-7-13-35-20-26(33-27(35)16-22(37-3)18-30(33)40-6)31-24-12-10-9-11-21(24)15-25-32-28(36(14-8-2)34(25)31)17-23(38-4)19-29(32)39-5/h7-12,15-20H,1-2,13-14H2,3-6H3. The van der Waals surface area contributed by atoms with Gasteiger partial charge in [-0.05, 0) is 16.8 Å². The van der Waals surface area contributed by atoms with E-state index in [9.17, 15) is 0 Å². The fraction of sp³-hybridized carbons (Fsp3) is 0.176. The molecule has 0 unspecified atom stereocenters. The van der Waals surface area contributed by atoms with Gasteiger partial charge in [0.1, 0.15) is 23.0 Å². The van der Waals surface area contributed by atoms with Crippen LogP contribution in [0.5, 0.6) is 23.0 Å². The average Bonchev–Trinajstić information content (AvgIpc) is 3.50. The molecular formula is C34H32N2O4. The second kappa shape index (κ2) is 10.0. The van der Waals surface area contributed by atoms with E-state index < -0.39 is 0 Å². The molecule has 40 heavy (non-hydrogen) atoms. The van der Waals surface area contributed by atoms with Gasteiger partial charge in [-0.1, -0.05) is 36.4 Å². The molecule has 0 spiro atoms. The first kappa shape index (κ1) is 25.4. The number of hydrogen-bond donors (Lipinski definition) is 0. The van der Waals surface area contributed by atoms with Crippen molar-refractivity contribution in [3.8, 4) is 34.1 Å². The molecular weight excluding hydrogens is 500 g/mol. The van der Waals surface area contributed by atoms with Crippen molar-refractivity contribution in [1.82, 2.24) is 9.13 Å². The Bertz CT molecular complexity index is 1940. The lowest BCUT2D eigenvalue weighted by molar-refractivity contribution is 0.397. The Morgan fingerprint density at radius 2 is 1.35 bits per heavy atom. The first-order chi connectivity index (χ1) is 19.6. The SMILES string of the molecule is C=CCn1cc(-c2c3ccccc3cc3c4c(OC)cc(OC)cc4n(CC=C)c23)c2c(OC)cc(OC)cc21. The topological polar surface area (TPSA) is 46.8 Å². The molecule has 0 aliphatic heterocycles. The number of benzene rings is 4. The van der Waals surface area contributed by atoms with Gasteiger partial charge in [-0.3, -0.25) is 0 Å². The predicted octanol–water partition coefficient (Wildman–Crippen LogP) is 7.98. The van der Waals surface area contributed by atoms with Crippen molar-refractivity contribution >= 4 is 43.5 Å². The number of nitrogens with zero attached hydrogens (tertiary/aromatic N) is 2. The summed E-state index contributed by atoms with van der Waals surface area (Å²) in [5, 5.41) is 5.43. The zero-order valence-electron chi connectivity index (χ0n) is 23.3.